The van der Waals surface area contributed by atoms with E-state index in [9.17, 15) is 0 Å². The molecule has 2 aliphatic rings. The molecule has 0 saturated carbocycles. The van der Waals surface area contributed by atoms with Gasteiger partial charge in [0.2, 0.25) is 0 Å². The Kier molecular flexibility index (Phi) is 8.82. The molecule has 2 aromatic carbocycles. The van der Waals surface area contributed by atoms with Gasteiger partial charge in [-0.05, 0) is 36.6 Å². The number of piperazine rings is 1. The topological polar surface area (TPSA) is 37.0 Å². The number of likely N-dealkylation sites (tertiary alicyclic amines) is 1. The van der Waals surface area contributed by atoms with Gasteiger partial charge in [-0.2, -0.15) is 0 Å². The van der Waals surface area contributed by atoms with Crippen molar-refractivity contribution in [3.63, 3.8) is 0 Å². The molecule has 2 aromatic rings. The number of nitrogens with one attached hydrogen (secondary N) is 1. The van der Waals surface area contributed by atoms with E-state index >= 15 is 0 Å². The van der Waals surface area contributed by atoms with Gasteiger partial charge in [-0.3, -0.25) is 9.80 Å². The highest BCUT2D eigenvalue weighted by Crippen LogP contribution is 2.30. The summed E-state index contributed by atoms with van der Waals surface area (Å²) >= 11 is 0. The van der Waals surface area contributed by atoms with Crippen LogP contribution in [0.2, 0.25) is 0 Å². The molecule has 2 heterocycles. The Morgan fingerprint density at radius 3 is 2.50 bits per heavy atom. The summed E-state index contributed by atoms with van der Waals surface area (Å²) in [4.78, 5) is 5.23. The van der Waals surface area contributed by atoms with Crippen LogP contribution in [-0.2, 0) is 13.2 Å². The van der Waals surface area contributed by atoms with Gasteiger partial charge in [0.15, 0.2) is 11.5 Å². The second-order valence-corrected chi connectivity index (χ2v) is 7.95. The van der Waals surface area contributed by atoms with Crippen LogP contribution in [0, 0.1) is 0 Å². The van der Waals surface area contributed by atoms with Crippen LogP contribution >= 0.6 is 12.4 Å². The van der Waals surface area contributed by atoms with Crippen molar-refractivity contribution in [2.24, 2.45) is 0 Å². The molecule has 6 heteroatoms. The van der Waals surface area contributed by atoms with Crippen LogP contribution in [0.3, 0.4) is 0 Å². The summed E-state index contributed by atoms with van der Waals surface area (Å²) in [5.74, 6) is 1.67. The molecule has 1 N–H and O–H groups in total. The average Bonchev–Trinajstić information content (AvgIpc) is 3.23. The Morgan fingerprint density at radius 1 is 0.933 bits per heavy atom. The fourth-order valence-corrected chi connectivity index (χ4v) is 4.33. The number of benzene rings is 2. The Labute approximate surface area is 186 Å². The first-order valence-corrected chi connectivity index (χ1v) is 10.9. The van der Waals surface area contributed by atoms with Gasteiger partial charge >= 0.3 is 0 Å². The molecule has 0 spiro atoms. The first-order chi connectivity index (χ1) is 14.3. The fraction of sp³-hybridized carbons (Fsp3) is 0.500. The molecule has 1 unspecified atom stereocenters. The predicted octanol–water partition coefficient (Wildman–Crippen LogP) is 3.57. The molecule has 2 aliphatic heterocycles. The summed E-state index contributed by atoms with van der Waals surface area (Å²) in [7, 11) is 0. The molecule has 0 radical (unpaired) electrons. The molecular formula is C24H34ClN3O2. The molecule has 0 aromatic heterocycles. The maximum absolute atomic E-state index is 6.05. The molecular weight excluding hydrogens is 398 g/mol. The number of nitrogens with zero attached hydrogens (tertiary/aromatic N) is 2. The van der Waals surface area contributed by atoms with Gasteiger partial charge < -0.3 is 14.8 Å². The molecule has 30 heavy (non-hydrogen) atoms. The number of halogens is 1. The third-order valence-corrected chi connectivity index (χ3v) is 5.87. The SMILES string of the molecule is CCOc1cc(CN2CCC(N3CCNCC3)C2)ccc1OCc1ccccc1.Cl. The Hall–Kier alpha value is -1.79. The smallest absolute Gasteiger partial charge is 0.161 e. The van der Waals surface area contributed by atoms with E-state index in [0.29, 0.717) is 19.3 Å². The molecule has 1 atom stereocenters. The molecule has 164 valence electrons. The van der Waals surface area contributed by atoms with Crippen molar-refractivity contribution in [2.45, 2.75) is 32.5 Å². The quantitative estimate of drug-likeness (QED) is 0.691. The van der Waals surface area contributed by atoms with Gasteiger partial charge in [0.05, 0.1) is 6.61 Å². The Morgan fingerprint density at radius 2 is 1.73 bits per heavy atom. The molecule has 0 bridgehead atoms. The molecule has 0 aliphatic carbocycles. The number of hydrogen-bond acceptors (Lipinski definition) is 5. The summed E-state index contributed by atoms with van der Waals surface area (Å²) < 4.78 is 11.9. The summed E-state index contributed by atoms with van der Waals surface area (Å²) in [6.45, 7) is 11.1. The van der Waals surface area contributed by atoms with Crippen molar-refractivity contribution in [1.82, 2.24) is 15.1 Å². The predicted molar refractivity (Wildman–Crippen MR) is 124 cm³/mol. The lowest BCUT2D eigenvalue weighted by atomic mass is 10.2. The van der Waals surface area contributed by atoms with Crippen molar-refractivity contribution in [2.75, 3.05) is 45.9 Å². The second kappa shape index (κ2) is 11.6. The number of rotatable bonds is 8. The van der Waals surface area contributed by atoms with Gasteiger partial charge in [0.25, 0.3) is 0 Å². The van der Waals surface area contributed by atoms with Crippen molar-refractivity contribution >= 4 is 12.4 Å². The lowest BCUT2D eigenvalue weighted by molar-refractivity contribution is 0.170. The minimum absolute atomic E-state index is 0. The van der Waals surface area contributed by atoms with E-state index in [-0.39, 0.29) is 12.4 Å². The maximum atomic E-state index is 6.05. The van der Waals surface area contributed by atoms with E-state index in [1.807, 2.05) is 25.1 Å². The third-order valence-electron chi connectivity index (χ3n) is 5.87. The second-order valence-electron chi connectivity index (χ2n) is 7.95. The molecule has 2 fully saturated rings. The first kappa shape index (κ1) is 22.9. The monoisotopic (exact) mass is 431 g/mol. The van der Waals surface area contributed by atoms with Gasteiger partial charge in [-0.25, -0.2) is 0 Å². The van der Waals surface area contributed by atoms with Crippen molar-refractivity contribution < 1.29 is 9.47 Å². The van der Waals surface area contributed by atoms with Gasteiger partial charge in [0, 0.05) is 51.9 Å². The van der Waals surface area contributed by atoms with E-state index in [4.69, 9.17) is 9.47 Å². The first-order valence-electron chi connectivity index (χ1n) is 10.9. The standard InChI is InChI=1S/C24H33N3O2.ClH/c1-2-28-24-16-21(8-9-23(24)29-19-20-6-4-3-5-7-20)17-26-13-10-22(18-26)27-14-11-25-12-15-27;/h3-9,16,22,25H,2,10-15,17-19H2,1H3;1H. The molecule has 2 saturated heterocycles. The Balaban J connectivity index is 0.00000256. The minimum Gasteiger partial charge on any atom is -0.490 e. The van der Waals surface area contributed by atoms with E-state index in [1.54, 1.807) is 0 Å². The molecule has 5 nitrogen and oxygen atoms in total. The number of hydrogen-bond donors (Lipinski definition) is 1. The zero-order valence-electron chi connectivity index (χ0n) is 17.9. The zero-order chi connectivity index (χ0) is 19.9. The summed E-state index contributed by atoms with van der Waals surface area (Å²) in [6, 6.07) is 17.4. The van der Waals surface area contributed by atoms with Crippen molar-refractivity contribution in [1.29, 1.82) is 0 Å². The van der Waals surface area contributed by atoms with Crippen molar-refractivity contribution in [3.05, 3.63) is 59.7 Å². The van der Waals surface area contributed by atoms with Gasteiger partial charge in [-0.15, -0.1) is 12.4 Å². The highest BCUT2D eigenvalue weighted by Gasteiger charge is 2.28. The van der Waals surface area contributed by atoms with Crippen molar-refractivity contribution in [3.8, 4) is 11.5 Å². The zero-order valence-corrected chi connectivity index (χ0v) is 18.7. The highest BCUT2D eigenvalue weighted by molar-refractivity contribution is 5.85. The summed E-state index contributed by atoms with van der Waals surface area (Å²) in [5, 5.41) is 3.45. The van der Waals surface area contributed by atoms with Crippen LogP contribution in [0.5, 0.6) is 11.5 Å². The fourth-order valence-electron chi connectivity index (χ4n) is 4.33. The summed E-state index contributed by atoms with van der Waals surface area (Å²) in [6.07, 6.45) is 1.27. The summed E-state index contributed by atoms with van der Waals surface area (Å²) in [5.41, 5.74) is 2.46. The van der Waals surface area contributed by atoms with Crippen LogP contribution in [0.15, 0.2) is 48.5 Å². The van der Waals surface area contributed by atoms with E-state index in [0.717, 1.165) is 43.2 Å². The van der Waals surface area contributed by atoms with Gasteiger partial charge in [-0.1, -0.05) is 36.4 Å². The number of ether oxygens (including phenoxy) is 2. The minimum atomic E-state index is 0. The van der Waals surface area contributed by atoms with Crippen LogP contribution in [-0.4, -0.2) is 61.7 Å². The molecule has 4 rings (SSSR count). The van der Waals surface area contributed by atoms with Crippen LogP contribution < -0.4 is 14.8 Å². The maximum Gasteiger partial charge on any atom is 0.161 e. The lowest BCUT2D eigenvalue weighted by Gasteiger charge is -2.32. The van der Waals surface area contributed by atoms with E-state index in [2.05, 4.69) is 45.4 Å². The van der Waals surface area contributed by atoms with E-state index in [1.165, 1.54) is 31.6 Å². The van der Waals surface area contributed by atoms with Crippen LogP contribution in [0.25, 0.3) is 0 Å². The average molecular weight is 432 g/mol. The van der Waals surface area contributed by atoms with E-state index < -0.39 is 0 Å². The Bertz CT molecular complexity index is 768. The molecule has 0 amide bonds. The normalized spacial score (nSPS) is 20.0. The largest absolute Gasteiger partial charge is 0.490 e. The highest BCUT2D eigenvalue weighted by atomic mass is 35.5. The third kappa shape index (κ3) is 6.11. The van der Waals surface area contributed by atoms with Crippen LogP contribution in [0.1, 0.15) is 24.5 Å². The van der Waals surface area contributed by atoms with Crippen LogP contribution in [0.4, 0.5) is 0 Å². The lowest BCUT2D eigenvalue weighted by Crippen LogP contribution is -2.49. The van der Waals surface area contributed by atoms with Gasteiger partial charge in [0.1, 0.15) is 6.61 Å².